The number of rotatable bonds is 4. The maximum Gasteiger partial charge on any atom is 0.346 e. The van der Waals surface area contributed by atoms with Crippen LogP contribution in [0.4, 0.5) is 5.69 Å². The van der Waals surface area contributed by atoms with Crippen molar-refractivity contribution in [3.63, 3.8) is 0 Å². The Balaban J connectivity index is 2.08. The van der Waals surface area contributed by atoms with Crippen molar-refractivity contribution in [3.05, 3.63) is 51.1 Å². The molecule has 0 saturated carbocycles. The molecule has 0 radical (unpaired) electrons. The molecular formula is C16H16N4O2S. The Morgan fingerprint density at radius 2 is 2.13 bits per heavy atom. The van der Waals surface area contributed by atoms with Crippen LogP contribution in [0.3, 0.4) is 0 Å². The van der Waals surface area contributed by atoms with E-state index in [0.29, 0.717) is 5.69 Å². The molecule has 118 valence electrons. The van der Waals surface area contributed by atoms with Gasteiger partial charge < -0.3 is 10.3 Å². The normalized spacial score (nSPS) is 10.2. The number of carbonyl (C=O) groups excluding carboxylic acids is 1. The molecule has 0 unspecified atom stereocenters. The van der Waals surface area contributed by atoms with E-state index in [4.69, 9.17) is 5.26 Å². The molecule has 0 fully saturated rings. The summed E-state index contributed by atoms with van der Waals surface area (Å²) < 4.78 is 0. The van der Waals surface area contributed by atoms with Crippen molar-refractivity contribution in [2.24, 2.45) is 0 Å². The first-order chi connectivity index (χ1) is 10.9. The van der Waals surface area contributed by atoms with Gasteiger partial charge in [0.2, 0.25) is 5.91 Å². The van der Waals surface area contributed by atoms with Gasteiger partial charge in [-0.2, -0.15) is 10.2 Å². The Labute approximate surface area is 138 Å². The van der Waals surface area contributed by atoms with Crippen LogP contribution in [0.2, 0.25) is 0 Å². The highest BCUT2D eigenvalue weighted by Gasteiger charge is 2.12. The van der Waals surface area contributed by atoms with Gasteiger partial charge in [0.05, 0.1) is 5.75 Å². The first kappa shape index (κ1) is 16.8. The lowest BCUT2D eigenvalue weighted by Crippen LogP contribution is -2.17. The Hall–Kier alpha value is -2.59. The number of hydrogen-bond donors (Lipinski definition) is 2. The van der Waals surface area contributed by atoms with E-state index >= 15 is 0 Å². The number of anilines is 1. The summed E-state index contributed by atoms with van der Waals surface area (Å²) in [6.45, 7) is 5.53. The quantitative estimate of drug-likeness (QED) is 0.663. The van der Waals surface area contributed by atoms with Gasteiger partial charge in [0.1, 0.15) is 16.7 Å². The van der Waals surface area contributed by atoms with Crippen LogP contribution in [0.1, 0.15) is 22.4 Å². The molecule has 0 saturated heterocycles. The molecule has 0 bridgehead atoms. The molecular weight excluding hydrogens is 312 g/mol. The van der Waals surface area contributed by atoms with E-state index in [-0.39, 0.29) is 22.2 Å². The molecule has 0 aliphatic heterocycles. The second-order valence-corrected chi connectivity index (χ2v) is 6.08. The van der Waals surface area contributed by atoms with E-state index in [2.05, 4.69) is 15.3 Å². The summed E-state index contributed by atoms with van der Waals surface area (Å²) in [5.41, 5.74) is 3.05. The van der Waals surface area contributed by atoms with Gasteiger partial charge in [-0.3, -0.25) is 4.79 Å². The topological polar surface area (TPSA) is 98.6 Å². The first-order valence-corrected chi connectivity index (χ1v) is 7.90. The number of aromatic amines is 1. The molecule has 0 spiro atoms. The summed E-state index contributed by atoms with van der Waals surface area (Å²) in [6, 6.07) is 7.75. The Kier molecular flexibility index (Phi) is 5.19. The predicted molar refractivity (Wildman–Crippen MR) is 89.6 cm³/mol. The molecule has 2 N–H and O–H groups in total. The third-order valence-corrected chi connectivity index (χ3v) is 4.17. The summed E-state index contributed by atoms with van der Waals surface area (Å²) >= 11 is 1.07. The smallest absolute Gasteiger partial charge is 0.325 e. The number of thioether (sulfide) groups is 1. The van der Waals surface area contributed by atoms with Crippen molar-refractivity contribution in [2.45, 2.75) is 25.8 Å². The van der Waals surface area contributed by atoms with Crippen molar-refractivity contribution < 1.29 is 4.79 Å². The lowest BCUT2D eigenvalue weighted by atomic mass is 10.1. The van der Waals surface area contributed by atoms with Crippen molar-refractivity contribution in [2.75, 3.05) is 11.1 Å². The highest BCUT2D eigenvalue weighted by Crippen LogP contribution is 2.21. The third-order valence-electron chi connectivity index (χ3n) is 3.19. The maximum atomic E-state index is 12.1. The van der Waals surface area contributed by atoms with Gasteiger partial charge in [-0.05, 0) is 32.4 Å². The standard InChI is InChI=1S/C16H16N4O2S/c1-9-4-5-13(10(2)6-9)19-14(21)8-23-15-12(7-17)11(3)18-16(22)20-15/h4-6H,8H2,1-3H3,(H,19,21)(H,18,20,22). The average molecular weight is 328 g/mol. The van der Waals surface area contributed by atoms with E-state index < -0.39 is 5.69 Å². The SMILES string of the molecule is Cc1ccc(NC(=O)CSc2nc(=O)[nH]c(C)c2C#N)c(C)c1. The molecule has 1 amide bonds. The zero-order valence-corrected chi connectivity index (χ0v) is 13.9. The van der Waals surface area contributed by atoms with Gasteiger partial charge in [-0.15, -0.1) is 0 Å². The zero-order chi connectivity index (χ0) is 17.0. The van der Waals surface area contributed by atoms with Crippen LogP contribution in [0.5, 0.6) is 0 Å². The summed E-state index contributed by atoms with van der Waals surface area (Å²) in [5, 5.41) is 12.2. The van der Waals surface area contributed by atoms with E-state index in [0.717, 1.165) is 28.6 Å². The molecule has 1 heterocycles. The van der Waals surface area contributed by atoms with Gasteiger partial charge in [0.25, 0.3) is 0 Å². The van der Waals surface area contributed by atoms with Gasteiger partial charge in [0, 0.05) is 11.4 Å². The summed E-state index contributed by atoms with van der Waals surface area (Å²) in [6.07, 6.45) is 0. The second kappa shape index (κ2) is 7.11. The molecule has 1 aromatic heterocycles. The zero-order valence-electron chi connectivity index (χ0n) is 13.1. The highest BCUT2D eigenvalue weighted by molar-refractivity contribution is 8.00. The number of benzene rings is 1. The van der Waals surface area contributed by atoms with Crippen LogP contribution >= 0.6 is 11.8 Å². The molecule has 0 aliphatic carbocycles. The van der Waals surface area contributed by atoms with Crippen molar-refractivity contribution in [1.29, 1.82) is 5.26 Å². The van der Waals surface area contributed by atoms with Crippen molar-refractivity contribution in [1.82, 2.24) is 9.97 Å². The highest BCUT2D eigenvalue weighted by atomic mass is 32.2. The maximum absolute atomic E-state index is 12.1. The number of hydrogen-bond acceptors (Lipinski definition) is 5. The van der Waals surface area contributed by atoms with Crippen LogP contribution in [0.15, 0.2) is 28.0 Å². The van der Waals surface area contributed by atoms with E-state index in [1.54, 1.807) is 6.92 Å². The molecule has 7 heteroatoms. The molecule has 0 atom stereocenters. The van der Waals surface area contributed by atoms with Crippen LogP contribution in [0, 0.1) is 32.1 Å². The molecule has 2 aromatic rings. The number of carbonyl (C=O) groups is 1. The van der Waals surface area contributed by atoms with Crippen molar-refractivity contribution in [3.8, 4) is 6.07 Å². The molecule has 2 rings (SSSR count). The van der Waals surface area contributed by atoms with Crippen LogP contribution in [0.25, 0.3) is 0 Å². The number of nitrogens with zero attached hydrogens (tertiary/aromatic N) is 2. The van der Waals surface area contributed by atoms with Gasteiger partial charge in [-0.1, -0.05) is 29.5 Å². The fourth-order valence-electron chi connectivity index (χ4n) is 2.07. The lowest BCUT2D eigenvalue weighted by molar-refractivity contribution is -0.113. The number of nitrogens with one attached hydrogen (secondary N) is 2. The van der Waals surface area contributed by atoms with E-state index in [1.807, 2.05) is 38.1 Å². The van der Waals surface area contributed by atoms with Gasteiger partial charge in [-0.25, -0.2) is 4.79 Å². The monoisotopic (exact) mass is 328 g/mol. The van der Waals surface area contributed by atoms with E-state index in [1.165, 1.54) is 0 Å². The fraction of sp³-hybridized carbons (Fsp3) is 0.250. The molecule has 1 aromatic carbocycles. The largest absolute Gasteiger partial charge is 0.346 e. The van der Waals surface area contributed by atoms with Crippen molar-refractivity contribution >= 4 is 23.4 Å². The molecule has 0 aliphatic rings. The third kappa shape index (κ3) is 4.20. The lowest BCUT2D eigenvalue weighted by Gasteiger charge is -2.09. The summed E-state index contributed by atoms with van der Waals surface area (Å²) in [5.74, 6) is -0.150. The predicted octanol–water partition coefficient (Wildman–Crippen LogP) is 2.30. The van der Waals surface area contributed by atoms with Crippen LogP contribution < -0.4 is 11.0 Å². The Morgan fingerprint density at radius 1 is 1.39 bits per heavy atom. The summed E-state index contributed by atoms with van der Waals surface area (Å²) in [7, 11) is 0. The van der Waals surface area contributed by atoms with Crippen LogP contribution in [-0.4, -0.2) is 21.6 Å². The van der Waals surface area contributed by atoms with Crippen LogP contribution in [-0.2, 0) is 4.79 Å². The Bertz CT molecular complexity index is 852. The first-order valence-electron chi connectivity index (χ1n) is 6.91. The minimum absolute atomic E-state index is 0.0674. The second-order valence-electron chi connectivity index (χ2n) is 5.11. The Morgan fingerprint density at radius 3 is 2.78 bits per heavy atom. The summed E-state index contributed by atoms with van der Waals surface area (Å²) in [4.78, 5) is 29.7. The number of aromatic nitrogens is 2. The fourth-order valence-corrected chi connectivity index (χ4v) is 2.90. The molecule has 23 heavy (non-hydrogen) atoms. The van der Waals surface area contributed by atoms with E-state index in [9.17, 15) is 9.59 Å². The number of nitriles is 1. The number of aryl methyl sites for hydroxylation is 3. The van der Waals surface area contributed by atoms with Gasteiger partial charge >= 0.3 is 5.69 Å². The number of amides is 1. The minimum atomic E-state index is -0.529. The van der Waals surface area contributed by atoms with Gasteiger partial charge in [0.15, 0.2) is 0 Å². The molecule has 6 nitrogen and oxygen atoms in total. The number of H-pyrrole nitrogens is 1. The minimum Gasteiger partial charge on any atom is -0.325 e. The average Bonchev–Trinajstić information content (AvgIpc) is 2.47.